The van der Waals surface area contributed by atoms with Crippen molar-refractivity contribution in [2.24, 2.45) is 0 Å². The second kappa shape index (κ2) is 8.04. The molecule has 0 saturated heterocycles. The summed E-state index contributed by atoms with van der Waals surface area (Å²) in [5.74, 6) is 0.756. The van der Waals surface area contributed by atoms with E-state index in [0.717, 1.165) is 25.2 Å². The van der Waals surface area contributed by atoms with E-state index in [9.17, 15) is 4.79 Å². The smallest absolute Gasteiger partial charge is 0.259 e. The highest BCUT2D eigenvalue weighted by atomic mass is 35.5. The summed E-state index contributed by atoms with van der Waals surface area (Å²) in [6, 6.07) is 11.3. The normalized spacial score (nSPS) is 12.6. The maximum atomic E-state index is 12.6. The summed E-state index contributed by atoms with van der Waals surface area (Å²) < 4.78 is 10.6. The third-order valence-electron chi connectivity index (χ3n) is 4.00. The lowest BCUT2D eigenvalue weighted by Gasteiger charge is -2.18. The molecule has 0 unspecified atom stereocenters. The van der Waals surface area contributed by atoms with Gasteiger partial charge in [-0.2, -0.15) is 0 Å². The number of halogens is 1. The number of rotatable bonds is 4. The Morgan fingerprint density at radius 2 is 1.96 bits per heavy atom. The van der Waals surface area contributed by atoms with Crippen molar-refractivity contribution in [1.82, 2.24) is 5.32 Å². The Morgan fingerprint density at radius 3 is 2.71 bits per heavy atom. The van der Waals surface area contributed by atoms with Crippen LogP contribution in [0.5, 0.6) is 11.5 Å². The van der Waals surface area contributed by atoms with E-state index in [1.807, 2.05) is 12.1 Å². The minimum absolute atomic E-state index is 0. The molecule has 128 valence electrons. The van der Waals surface area contributed by atoms with E-state index in [4.69, 9.17) is 9.47 Å². The van der Waals surface area contributed by atoms with Crippen molar-refractivity contribution in [2.75, 3.05) is 26.1 Å². The largest absolute Gasteiger partial charge is 0.493 e. The van der Waals surface area contributed by atoms with Gasteiger partial charge in [0.25, 0.3) is 5.91 Å². The van der Waals surface area contributed by atoms with Gasteiger partial charge in [0.1, 0.15) is 0 Å². The third-order valence-corrected chi connectivity index (χ3v) is 4.00. The van der Waals surface area contributed by atoms with Crippen molar-refractivity contribution < 1.29 is 14.3 Å². The van der Waals surface area contributed by atoms with Gasteiger partial charge >= 0.3 is 0 Å². The number of carbonyl (C=O) groups is 1. The lowest BCUT2D eigenvalue weighted by Crippen LogP contribution is -2.23. The maximum Gasteiger partial charge on any atom is 0.259 e. The van der Waals surface area contributed by atoms with Crippen LogP contribution in [0.15, 0.2) is 36.4 Å². The summed E-state index contributed by atoms with van der Waals surface area (Å²) >= 11 is 0. The fraction of sp³-hybridized carbons (Fsp3) is 0.278. The molecule has 5 nitrogen and oxygen atoms in total. The van der Waals surface area contributed by atoms with Gasteiger partial charge in [-0.05, 0) is 48.4 Å². The molecular weight excluding hydrogens is 328 g/mol. The van der Waals surface area contributed by atoms with Crippen LogP contribution in [0.25, 0.3) is 0 Å². The highest BCUT2D eigenvalue weighted by Crippen LogP contribution is 2.31. The molecule has 0 radical (unpaired) electrons. The van der Waals surface area contributed by atoms with Crippen LogP contribution in [-0.4, -0.2) is 26.7 Å². The Hall–Kier alpha value is -2.24. The molecule has 0 bridgehead atoms. The van der Waals surface area contributed by atoms with Gasteiger partial charge < -0.3 is 20.1 Å². The predicted octanol–water partition coefficient (Wildman–Crippen LogP) is 3.02. The van der Waals surface area contributed by atoms with Crippen molar-refractivity contribution in [3.05, 3.63) is 53.1 Å². The van der Waals surface area contributed by atoms with Gasteiger partial charge in [-0.3, -0.25) is 4.79 Å². The summed E-state index contributed by atoms with van der Waals surface area (Å²) in [5, 5.41) is 6.27. The number of fused-ring (bicyclic) bond motifs is 1. The van der Waals surface area contributed by atoms with Gasteiger partial charge in [-0.1, -0.05) is 12.1 Å². The Labute approximate surface area is 147 Å². The molecule has 0 fully saturated rings. The molecule has 0 aromatic heterocycles. The van der Waals surface area contributed by atoms with Crippen LogP contribution in [0.2, 0.25) is 0 Å². The Morgan fingerprint density at radius 1 is 1.12 bits per heavy atom. The van der Waals surface area contributed by atoms with E-state index in [1.54, 1.807) is 25.3 Å². The second-order valence-electron chi connectivity index (χ2n) is 5.41. The quantitative estimate of drug-likeness (QED) is 0.891. The summed E-state index contributed by atoms with van der Waals surface area (Å²) in [4.78, 5) is 12.6. The number of benzene rings is 2. The average Bonchev–Trinajstić information content (AvgIpc) is 2.60. The number of nitrogens with one attached hydrogen (secondary N) is 2. The first kappa shape index (κ1) is 18.1. The molecule has 3 rings (SSSR count). The molecule has 1 aliphatic rings. The molecule has 24 heavy (non-hydrogen) atoms. The lowest BCUT2D eigenvalue weighted by molar-refractivity contribution is 0.102. The molecular formula is C18H21ClN2O3. The number of ether oxygens (including phenoxy) is 2. The van der Waals surface area contributed by atoms with Gasteiger partial charge in [0, 0.05) is 12.2 Å². The Balaban J connectivity index is 0.00000208. The zero-order valence-electron chi connectivity index (χ0n) is 13.7. The van der Waals surface area contributed by atoms with Crippen LogP contribution in [-0.2, 0) is 13.0 Å². The van der Waals surface area contributed by atoms with Crippen LogP contribution >= 0.6 is 12.4 Å². The maximum absolute atomic E-state index is 12.6. The zero-order valence-corrected chi connectivity index (χ0v) is 14.5. The molecule has 2 aromatic rings. The number of para-hydroxylation sites is 1. The first-order valence-corrected chi connectivity index (χ1v) is 7.58. The Kier molecular flexibility index (Phi) is 6.06. The van der Waals surface area contributed by atoms with Gasteiger partial charge in [0.2, 0.25) is 0 Å². The third kappa shape index (κ3) is 3.63. The van der Waals surface area contributed by atoms with E-state index in [-0.39, 0.29) is 18.3 Å². The molecule has 1 amide bonds. The fourth-order valence-electron chi connectivity index (χ4n) is 2.82. The standard InChI is InChI=1S/C18H20N2O3.ClH/c1-22-16-5-3-4-15(17(16)23-2)18(21)20-14-7-6-12-8-9-19-11-13(12)10-14;/h3-7,10,19H,8-9,11H2,1-2H3,(H,20,21);1H. The van der Waals surface area contributed by atoms with Crippen molar-refractivity contribution in [3.63, 3.8) is 0 Å². The molecule has 0 aliphatic carbocycles. The van der Waals surface area contributed by atoms with Crippen molar-refractivity contribution in [1.29, 1.82) is 0 Å². The van der Waals surface area contributed by atoms with Crippen molar-refractivity contribution in [2.45, 2.75) is 13.0 Å². The predicted molar refractivity (Wildman–Crippen MR) is 96.6 cm³/mol. The number of hydrogen-bond donors (Lipinski definition) is 2. The SMILES string of the molecule is COc1cccc(C(=O)Nc2ccc3c(c2)CNCC3)c1OC.Cl. The molecule has 2 aromatic carbocycles. The summed E-state index contributed by atoms with van der Waals surface area (Å²) in [5.41, 5.74) is 3.79. The highest BCUT2D eigenvalue weighted by Gasteiger charge is 2.17. The van der Waals surface area contributed by atoms with Crippen molar-refractivity contribution in [3.8, 4) is 11.5 Å². The molecule has 0 spiro atoms. The highest BCUT2D eigenvalue weighted by molar-refractivity contribution is 6.06. The van der Waals surface area contributed by atoms with E-state index in [1.165, 1.54) is 18.2 Å². The van der Waals surface area contributed by atoms with E-state index in [2.05, 4.69) is 16.7 Å². The summed E-state index contributed by atoms with van der Waals surface area (Å²) in [6.07, 6.45) is 1.02. The monoisotopic (exact) mass is 348 g/mol. The van der Waals surface area contributed by atoms with E-state index < -0.39 is 0 Å². The molecule has 1 heterocycles. The zero-order chi connectivity index (χ0) is 16.2. The molecule has 2 N–H and O–H groups in total. The van der Waals surface area contributed by atoms with E-state index in [0.29, 0.717) is 17.1 Å². The number of hydrogen-bond acceptors (Lipinski definition) is 4. The van der Waals surface area contributed by atoms with Crippen LogP contribution in [0.3, 0.4) is 0 Å². The Bertz CT molecular complexity index is 734. The first-order valence-electron chi connectivity index (χ1n) is 7.58. The van der Waals surface area contributed by atoms with Crippen LogP contribution in [0.4, 0.5) is 5.69 Å². The average molecular weight is 349 g/mol. The summed E-state index contributed by atoms with van der Waals surface area (Å²) in [7, 11) is 3.08. The molecule has 0 atom stereocenters. The number of amides is 1. The molecule has 6 heteroatoms. The second-order valence-corrected chi connectivity index (χ2v) is 5.41. The van der Waals surface area contributed by atoms with Gasteiger partial charge in [-0.25, -0.2) is 0 Å². The minimum Gasteiger partial charge on any atom is -0.493 e. The van der Waals surface area contributed by atoms with Crippen LogP contribution in [0, 0.1) is 0 Å². The van der Waals surface area contributed by atoms with Gasteiger partial charge in [0.05, 0.1) is 19.8 Å². The fourth-order valence-corrected chi connectivity index (χ4v) is 2.82. The lowest BCUT2D eigenvalue weighted by atomic mass is 10.0. The molecule has 1 aliphatic heterocycles. The van der Waals surface area contributed by atoms with Gasteiger partial charge in [0.15, 0.2) is 11.5 Å². The van der Waals surface area contributed by atoms with Crippen LogP contribution < -0.4 is 20.1 Å². The van der Waals surface area contributed by atoms with Crippen molar-refractivity contribution >= 4 is 24.0 Å². The van der Waals surface area contributed by atoms with E-state index >= 15 is 0 Å². The van der Waals surface area contributed by atoms with Crippen LogP contribution in [0.1, 0.15) is 21.5 Å². The minimum atomic E-state index is -0.218. The summed E-state index contributed by atoms with van der Waals surface area (Å²) in [6.45, 7) is 1.83. The van der Waals surface area contributed by atoms with Gasteiger partial charge in [-0.15, -0.1) is 12.4 Å². The number of methoxy groups -OCH3 is 2. The number of carbonyl (C=O) groups excluding carboxylic acids is 1. The number of anilines is 1. The molecule has 0 saturated carbocycles. The topological polar surface area (TPSA) is 59.6 Å². The first-order chi connectivity index (χ1) is 11.2.